The van der Waals surface area contributed by atoms with Gasteiger partial charge in [0.05, 0.1) is 7.11 Å². The van der Waals surface area contributed by atoms with E-state index in [0.717, 1.165) is 21.9 Å². The van der Waals surface area contributed by atoms with Gasteiger partial charge in [0.2, 0.25) is 8.32 Å². The highest BCUT2D eigenvalue weighted by Crippen LogP contribution is 2.37. The molecule has 0 saturated carbocycles. The van der Waals surface area contributed by atoms with Gasteiger partial charge in [-0.25, -0.2) is 9.86 Å². The molecule has 2 aromatic carbocycles. The Labute approximate surface area is 198 Å². The van der Waals surface area contributed by atoms with Crippen LogP contribution in [0.25, 0.3) is 0 Å². The summed E-state index contributed by atoms with van der Waals surface area (Å²) in [7, 11) is 0.958. The van der Waals surface area contributed by atoms with Gasteiger partial charge in [-0.2, -0.15) is 0 Å². The molecule has 180 valence electrons. The molecule has 0 spiro atoms. The molecule has 0 heterocycles. The Kier molecular flexibility index (Phi) is 9.07. The summed E-state index contributed by atoms with van der Waals surface area (Å²) in [5.74, 6) is 0.424. The molecule has 8 heteroatoms. The van der Waals surface area contributed by atoms with Crippen LogP contribution in [0, 0.1) is 0 Å². The molecule has 33 heavy (non-hydrogen) atoms. The van der Waals surface area contributed by atoms with E-state index in [2.05, 4.69) is 39.2 Å². The van der Waals surface area contributed by atoms with E-state index < -0.39 is 20.5 Å². The van der Waals surface area contributed by atoms with E-state index in [1.165, 1.54) is 14.2 Å². The second-order valence-corrected chi connectivity index (χ2v) is 14.2. The third-order valence-corrected chi connectivity index (χ3v) is 10.3. The number of amides is 2. The smallest absolute Gasteiger partial charge is 0.408 e. The van der Waals surface area contributed by atoms with Crippen molar-refractivity contribution in [3.63, 3.8) is 0 Å². The molecule has 0 saturated heterocycles. The zero-order valence-electron chi connectivity index (χ0n) is 20.7. The fourth-order valence-corrected chi connectivity index (χ4v) is 3.83. The number of alkyl carbamates (subject to hydrolysis) is 1. The van der Waals surface area contributed by atoms with Crippen molar-refractivity contribution >= 4 is 20.3 Å². The van der Waals surface area contributed by atoms with Crippen LogP contribution in [0.4, 0.5) is 4.79 Å². The highest BCUT2D eigenvalue weighted by atomic mass is 28.4. The van der Waals surface area contributed by atoms with E-state index >= 15 is 0 Å². The van der Waals surface area contributed by atoms with Crippen LogP contribution < -0.4 is 9.74 Å². The van der Waals surface area contributed by atoms with Gasteiger partial charge in [-0.3, -0.25) is 9.63 Å². The summed E-state index contributed by atoms with van der Waals surface area (Å²) >= 11 is 0. The van der Waals surface area contributed by atoms with Gasteiger partial charge in [0.25, 0.3) is 5.91 Å². The van der Waals surface area contributed by atoms with Gasteiger partial charge in [-0.05, 0) is 41.4 Å². The van der Waals surface area contributed by atoms with Crippen LogP contribution in [-0.4, -0.2) is 45.6 Å². The van der Waals surface area contributed by atoms with Crippen molar-refractivity contribution in [3.05, 3.63) is 65.7 Å². The molecule has 0 radical (unpaired) electrons. The number of nitrogens with zero attached hydrogens (tertiary/aromatic N) is 1. The Balaban J connectivity index is 2.06. The number of carbonyl (C=O) groups excluding carboxylic acids is 2. The van der Waals surface area contributed by atoms with Gasteiger partial charge in [-0.15, -0.1) is 0 Å². The van der Waals surface area contributed by atoms with Crippen LogP contribution in [0.5, 0.6) is 5.75 Å². The second kappa shape index (κ2) is 11.3. The minimum Gasteiger partial charge on any atom is -0.544 e. The normalized spacial score (nSPS) is 12.6. The van der Waals surface area contributed by atoms with Crippen molar-refractivity contribution in [2.45, 2.75) is 58.0 Å². The molecule has 0 unspecified atom stereocenters. The van der Waals surface area contributed by atoms with Crippen LogP contribution in [0.2, 0.25) is 18.1 Å². The number of benzene rings is 2. The van der Waals surface area contributed by atoms with Crippen LogP contribution >= 0.6 is 0 Å². The molecule has 2 amide bonds. The molecule has 0 bridgehead atoms. The maximum absolute atomic E-state index is 12.8. The van der Waals surface area contributed by atoms with Crippen molar-refractivity contribution < 1.29 is 23.6 Å². The summed E-state index contributed by atoms with van der Waals surface area (Å²) in [5, 5.41) is 3.86. The summed E-state index contributed by atoms with van der Waals surface area (Å²) in [6.07, 6.45) is -0.382. The molecular weight excluding hydrogens is 436 g/mol. The van der Waals surface area contributed by atoms with Crippen LogP contribution in [0.1, 0.15) is 31.9 Å². The number of rotatable bonds is 9. The summed E-state index contributed by atoms with van der Waals surface area (Å²) in [6.45, 7) is 11.1. The molecule has 7 nitrogen and oxygen atoms in total. The lowest BCUT2D eigenvalue weighted by Gasteiger charge is -2.36. The average molecular weight is 473 g/mol. The van der Waals surface area contributed by atoms with E-state index in [9.17, 15) is 9.59 Å². The maximum Gasteiger partial charge on any atom is 0.408 e. The fraction of sp³-hybridized carbons (Fsp3) is 0.440. The standard InChI is InChI=1S/C25H36N2O5Si/c1-25(2,3)33(6,7)32-21-15-13-19(14-16-21)17-22(23(28)27(4)30-5)26-24(29)31-18-20-11-9-8-10-12-20/h8-16,22H,17-18H2,1-7H3,(H,26,29)/t22-/m0/s1. The lowest BCUT2D eigenvalue weighted by atomic mass is 10.1. The first-order valence-corrected chi connectivity index (χ1v) is 13.9. The van der Waals surface area contributed by atoms with Gasteiger partial charge >= 0.3 is 6.09 Å². The van der Waals surface area contributed by atoms with E-state index in [1.807, 2.05) is 54.6 Å². The first-order valence-electron chi connectivity index (χ1n) is 11.0. The summed E-state index contributed by atoms with van der Waals surface area (Å²) < 4.78 is 11.6. The van der Waals surface area contributed by atoms with Crippen LogP contribution in [-0.2, 0) is 27.4 Å². The van der Waals surface area contributed by atoms with E-state index in [0.29, 0.717) is 0 Å². The predicted molar refractivity (Wildman–Crippen MR) is 131 cm³/mol. The molecule has 0 aliphatic rings. The van der Waals surface area contributed by atoms with E-state index in [-0.39, 0.29) is 24.0 Å². The largest absolute Gasteiger partial charge is 0.544 e. The molecular formula is C25H36N2O5Si. The van der Waals surface area contributed by atoms with Gasteiger partial charge in [0.1, 0.15) is 18.4 Å². The fourth-order valence-electron chi connectivity index (χ4n) is 2.79. The maximum atomic E-state index is 12.8. The monoisotopic (exact) mass is 472 g/mol. The zero-order valence-corrected chi connectivity index (χ0v) is 21.7. The van der Waals surface area contributed by atoms with E-state index in [4.69, 9.17) is 14.0 Å². The number of likely N-dealkylation sites (N-methyl/N-ethyl adjacent to an activating group) is 1. The second-order valence-electron chi connectivity index (χ2n) is 9.49. The van der Waals surface area contributed by atoms with Crippen molar-refractivity contribution in [3.8, 4) is 5.75 Å². The molecule has 0 aliphatic carbocycles. The number of hydroxylamine groups is 2. The highest BCUT2D eigenvalue weighted by Gasteiger charge is 2.39. The van der Waals surface area contributed by atoms with Crippen LogP contribution in [0.15, 0.2) is 54.6 Å². The van der Waals surface area contributed by atoms with Gasteiger partial charge in [-0.1, -0.05) is 63.2 Å². The topological polar surface area (TPSA) is 77.1 Å². The number of hydrogen-bond acceptors (Lipinski definition) is 5. The number of carbonyl (C=O) groups is 2. The lowest BCUT2D eigenvalue weighted by molar-refractivity contribution is -0.170. The van der Waals surface area contributed by atoms with E-state index in [1.54, 1.807) is 0 Å². The zero-order chi connectivity index (χ0) is 24.6. The molecule has 0 aromatic heterocycles. The van der Waals surface area contributed by atoms with Crippen LogP contribution in [0.3, 0.4) is 0 Å². The van der Waals surface area contributed by atoms with Crippen molar-refractivity contribution in [2.24, 2.45) is 0 Å². The Hall–Kier alpha value is -2.84. The quantitative estimate of drug-likeness (QED) is 0.414. The third-order valence-electron chi connectivity index (χ3n) is 5.93. The number of nitrogens with one attached hydrogen (secondary N) is 1. The average Bonchev–Trinajstić information content (AvgIpc) is 2.77. The SMILES string of the molecule is CON(C)C(=O)[C@H](Cc1ccc(O[Si](C)(C)C(C)(C)C)cc1)NC(=O)OCc1ccccc1. The van der Waals surface area contributed by atoms with Crippen molar-refractivity contribution in [2.75, 3.05) is 14.2 Å². The van der Waals surface area contributed by atoms with Crippen molar-refractivity contribution in [1.82, 2.24) is 10.4 Å². The Morgan fingerprint density at radius 2 is 1.61 bits per heavy atom. The molecule has 0 aliphatic heterocycles. The first kappa shape index (κ1) is 26.4. The Morgan fingerprint density at radius 3 is 2.15 bits per heavy atom. The molecule has 2 aromatic rings. The summed E-state index contributed by atoms with van der Waals surface area (Å²) in [5.41, 5.74) is 1.74. The molecule has 0 fully saturated rings. The molecule has 1 atom stereocenters. The summed E-state index contributed by atoms with van der Waals surface area (Å²) in [4.78, 5) is 30.2. The summed E-state index contributed by atoms with van der Waals surface area (Å²) in [6, 6.07) is 16.1. The van der Waals surface area contributed by atoms with Gasteiger partial charge < -0.3 is 14.5 Å². The van der Waals surface area contributed by atoms with Crippen molar-refractivity contribution in [1.29, 1.82) is 0 Å². The van der Waals surface area contributed by atoms with Gasteiger partial charge in [0, 0.05) is 13.5 Å². The number of hydrogen-bond donors (Lipinski definition) is 1. The molecule has 2 rings (SSSR count). The third kappa shape index (κ3) is 7.90. The minimum absolute atomic E-state index is 0.0952. The van der Waals surface area contributed by atoms with Gasteiger partial charge in [0.15, 0.2) is 0 Å². The number of ether oxygens (including phenoxy) is 1. The lowest BCUT2D eigenvalue weighted by Crippen LogP contribution is -2.48. The Morgan fingerprint density at radius 1 is 1.00 bits per heavy atom. The first-order chi connectivity index (χ1) is 15.4. The highest BCUT2D eigenvalue weighted by molar-refractivity contribution is 6.74. The Bertz CT molecular complexity index is 911. The molecule has 1 N–H and O–H groups in total. The predicted octanol–water partition coefficient (Wildman–Crippen LogP) is 4.93. The minimum atomic E-state index is -1.94.